The lowest BCUT2D eigenvalue weighted by molar-refractivity contribution is -0.131. The molecule has 0 aromatic heterocycles. The largest absolute Gasteiger partial charge is 0.380 e. The third kappa shape index (κ3) is 2.77. The van der Waals surface area contributed by atoms with E-state index in [0.29, 0.717) is 31.5 Å². The first-order chi connectivity index (χ1) is 7.27. The van der Waals surface area contributed by atoms with E-state index in [-0.39, 0.29) is 5.92 Å². The summed E-state index contributed by atoms with van der Waals surface area (Å²) in [6, 6.07) is 0.486. The minimum Gasteiger partial charge on any atom is -0.380 e. The normalized spacial score (nSPS) is 32.5. The summed E-state index contributed by atoms with van der Waals surface area (Å²) in [7, 11) is 2.07. The predicted octanol–water partition coefficient (Wildman–Crippen LogP) is 0.313. The first kappa shape index (κ1) is 11.0. The Kier molecular flexibility index (Phi) is 3.72. The Hall–Kier alpha value is -0.450. The van der Waals surface area contributed by atoms with Crippen molar-refractivity contribution in [2.24, 2.45) is 5.92 Å². The third-order valence-electron chi connectivity index (χ3n) is 3.30. The van der Waals surface area contributed by atoms with E-state index in [4.69, 9.17) is 9.47 Å². The molecule has 15 heavy (non-hydrogen) atoms. The number of carbonyl (C=O) groups excluding carboxylic acids is 1. The molecule has 0 amide bonds. The molecule has 0 bridgehead atoms. The van der Waals surface area contributed by atoms with E-state index in [1.54, 1.807) is 0 Å². The van der Waals surface area contributed by atoms with Crippen LogP contribution in [0.15, 0.2) is 0 Å². The number of rotatable bonds is 3. The quantitative estimate of drug-likeness (QED) is 0.676. The first-order valence-electron chi connectivity index (χ1n) is 5.66. The van der Waals surface area contributed by atoms with Gasteiger partial charge in [0.2, 0.25) is 0 Å². The van der Waals surface area contributed by atoms with Crippen molar-refractivity contribution in [1.82, 2.24) is 4.90 Å². The van der Waals surface area contributed by atoms with Crippen LogP contribution in [0.25, 0.3) is 0 Å². The van der Waals surface area contributed by atoms with Gasteiger partial charge in [0, 0.05) is 25.6 Å². The van der Waals surface area contributed by atoms with Gasteiger partial charge in [0.05, 0.1) is 25.7 Å². The molecule has 2 unspecified atom stereocenters. The van der Waals surface area contributed by atoms with Crippen LogP contribution in [-0.2, 0) is 14.3 Å². The predicted molar refractivity (Wildman–Crippen MR) is 55.8 cm³/mol. The summed E-state index contributed by atoms with van der Waals surface area (Å²) in [5.41, 5.74) is 0. The fraction of sp³-hybridized carbons (Fsp3) is 0.909. The zero-order valence-electron chi connectivity index (χ0n) is 9.28. The van der Waals surface area contributed by atoms with Gasteiger partial charge in [-0.1, -0.05) is 0 Å². The summed E-state index contributed by atoms with van der Waals surface area (Å²) >= 11 is 0. The van der Waals surface area contributed by atoms with E-state index in [2.05, 4.69) is 11.9 Å². The number of carbonyl (C=O) groups is 1. The zero-order valence-corrected chi connectivity index (χ0v) is 9.28. The second-order valence-electron chi connectivity index (χ2n) is 4.45. The molecule has 0 saturated carbocycles. The molecule has 0 N–H and O–H groups in total. The molecule has 2 atom stereocenters. The Balaban J connectivity index is 1.81. The molecule has 0 aliphatic carbocycles. The van der Waals surface area contributed by atoms with E-state index < -0.39 is 0 Å². The van der Waals surface area contributed by atoms with Gasteiger partial charge in [0.15, 0.2) is 0 Å². The maximum Gasteiger partial charge on any atom is 0.141 e. The molecular weight excluding hydrogens is 194 g/mol. The maximum absolute atomic E-state index is 11.6. The Morgan fingerprint density at radius 3 is 2.80 bits per heavy atom. The average Bonchev–Trinajstić information content (AvgIpc) is 2.74. The SMILES string of the molecule is CN(CC1COCCC1=O)C1CCOC1. The Labute approximate surface area is 90.5 Å². The highest BCUT2D eigenvalue weighted by Crippen LogP contribution is 2.16. The van der Waals surface area contributed by atoms with Gasteiger partial charge in [-0.25, -0.2) is 0 Å². The number of ether oxygens (including phenoxy) is 2. The van der Waals surface area contributed by atoms with Gasteiger partial charge in [0.1, 0.15) is 5.78 Å². The standard InChI is InChI=1S/C11H19NO3/c1-12(10-2-4-15-8-10)6-9-7-14-5-3-11(9)13/h9-10H,2-8H2,1H3. The van der Waals surface area contributed by atoms with Crippen molar-refractivity contribution < 1.29 is 14.3 Å². The molecule has 0 aromatic carbocycles. The summed E-state index contributed by atoms with van der Waals surface area (Å²) in [6.45, 7) is 3.66. The van der Waals surface area contributed by atoms with Crippen LogP contribution in [-0.4, -0.2) is 56.7 Å². The van der Waals surface area contributed by atoms with Crippen molar-refractivity contribution >= 4 is 5.78 Å². The second kappa shape index (κ2) is 5.05. The molecule has 0 aromatic rings. The van der Waals surface area contributed by atoms with Gasteiger partial charge in [-0.3, -0.25) is 4.79 Å². The highest BCUT2D eigenvalue weighted by atomic mass is 16.5. The van der Waals surface area contributed by atoms with Gasteiger partial charge in [-0.15, -0.1) is 0 Å². The fourth-order valence-corrected chi connectivity index (χ4v) is 2.22. The molecule has 0 spiro atoms. The number of nitrogens with zero attached hydrogens (tertiary/aromatic N) is 1. The van der Waals surface area contributed by atoms with Crippen LogP contribution in [0.5, 0.6) is 0 Å². The number of hydrogen-bond donors (Lipinski definition) is 0. The first-order valence-corrected chi connectivity index (χ1v) is 5.66. The van der Waals surface area contributed by atoms with E-state index in [9.17, 15) is 4.79 Å². The molecular formula is C11H19NO3. The van der Waals surface area contributed by atoms with E-state index in [1.165, 1.54) is 0 Å². The number of Topliss-reactive ketones (excluding diaryl/α,β-unsaturated/α-hetero) is 1. The van der Waals surface area contributed by atoms with Crippen molar-refractivity contribution in [3.8, 4) is 0 Å². The summed E-state index contributed by atoms with van der Waals surface area (Å²) in [6.07, 6.45) is 1.66. The van der Waals surface area contributed by atoms with Crippen molar-refractivity contribution in [2.45, 2.75) is 18.9 Å². The molecule has 0 radical (unpaired) electrons. The average molecular weight is 213 g/mol. The minimum atomic E-state index is 0.0735. The molecule has 2 aliphatic rings. The van der Waals surface area contributed by atoms with Crippen molar-refractivity contribution in [3.63, 3.8) is 0 Å². The molecule has 4 heteroatoms. The van der Waals surface area contributed by atoms with Crippen molar-refractivity contribution in [3.05, 3.63) is 0 Å². The third-order valence-corrected chi connectivity index (χ3v) is 3.30. The molecule has 2 rings (SSSR count). The number of ketones is 1. The summed E-state index contributed by atoms with van der Waals surface area (Å²) in [5.74, 6) is 0.427. The van der Waals surface area contributed by atoms with Gasteiger partial charge < -0.3 is 14.4 Å². The van der Waals surface area contributed by atoms with Crippen molar-refractivity contribution in [1.29, 1.82) is 0 Å². The maximum atomic E-state index is 11.6. The highest BCUT2D eigenvalue weighted by molar-refractivity contribution is 5.82. The lowest BCUT2D eigenvalue weighted by Crippen LogP contribution is -2.41. The molecule has 86 valence electrons. The Morgan fingerprint density at radius 2 is 2.13 bits per heavy atom. The highest BCUT2D eigenvalue weighted by Gasteiger charge is 2.27. The summed E-state index contributed by atoms with van der Waals surface area (Å²) < 4.78 is 10.7. The molecule has 2 saturated heterocycles. The monoisotopic (exact) mass is 213 g/mol. The van der Waals surface area contributed by atoms with Crippen molar-refractivity contribution in [2.75, 3.05) is 40.0 Å². The molecule has 2 fully saturated rings. The summed E-state index contributed by atoms with van der Waals surface area (Å²) in [5, 5.41) is 0. The van der Waals surface area contributed by atoms with Crippen LogP contribution in [0.3, 0.4) is 0 Å². The van der Waals surface area contributed by atoms with Gasteiger partial charge in [-0.2, -0.15) is 0 Å². The van der Waals surface area contributed by atoms with E-state index in [0.717, 1.165) is 26.2 Å². The van der Waals surface area contributed by atoms with Crippen LogP contribution in [0.2, 0.25) is 0 Å². The van der Waals surface area contributed by atoms with Crippen LogP contribution in [0, 0.1) is 5.92 Å². The Morgan fingerprint density at radius 1 is 1.33 bits per heavy atom. The lowest BCUT2D eigenvalue weighted by atomic mass is 9.99. The zero-order chi connectivity index (χ0) is 10.7. The van der Waals surface area contributed by atoms with Crippen LogP contribution >= 0.6 is 0 Å². The minimum absolute atomic E-state index is 0.0735. The van der Waals surface area contributed by atoms with Gasteiger partial charge >= 0.3 is 0 Å². The number of likely N-dealkylation sites (N-methyl/N-ethyl adjacent to an activating group) is 1. The van der Waals surface area contributed by atoms with Gasteiger partial charge in [-0.05, 0) is 13.5 Å². The molecule has 2 aliphatic heterocycles. The van der Waals surface area contributed by atoms with Gasteiger partial charge in [0.25, 0.3) is 0 Å². The second-order valence-corrected chi connectivity index (χ2v) is 4.45. The topological polar surface area (TPSA) is 38.8 Å². The summed E-state index contributed by atoms with van der Waals surface area (Å²) in [4.78, 5) is 13.8. The fourth-order valence-electron chi connectivity index (χ4n) is 2.22. The van der Waals surface area contributed by atoms with E-state index >= 15 is 0 Å². The van der Waals surface area contributed by atoms with Crippen LogP contribution in [0.4, 0.5) is 0 Å². The van der Waals surface area contributed by atoms with E-state index in [1.807, 2.05) is 0 Å². The number of hydrogen-bond acceptors (Lipinski definition) is 4. The van der Waals surface area contributed by atoms with Crippen LogP contribution in [0.1, 0.15) is 12.8 Å². The molecule has 2 heterocycles. The smallest absolute Gasteiger partial charge is 0.141 e. The molecule has 4 nitrogen and oxygen atoms in total. The Bertz CT molecular complexity index is 226. The lowest BCUT2D eigenvalue weighted by Gasteiger charge is -2.29. The van der Waals surface area contributed by atoms with Crippen LogP contribution < -0.4 is 0 Å².